The Kier molecular flexibility index (Phi) is 7.65. The standard InChI is InChI=1S/C8H15O5P/c1-2-3-7-12-14(10,11)13-8-5-4-6-9/h2-5,9H,6-8H2,1H3,(H,10,11)/b3-2?,5-4+. The Labute approximate surface area is 83.3 Å². The third-order valence-electron chi connectivity index (χ3n) is 1.18. The Morgan fingerprint density at radius 1 is 1.21 bits per heavy atom. The van der Waals surface area contributed by atoms with E-state index in [2.05, 4.69) is 9.05 Å². The van der Waals surface area contributed by atoms with E-state index < -0.39 is 7.82 Å². The molecule has 0 aromatic heterocycles. The predicted octanol–water partition coefficient (Wildman–Crippen LogP) is 1.24. The molecule has 0 aliphatic heterocycles. The smallest absolute Gasteiger partial charge is 0.392 e. The highest BCUT2D eigenvalue weighted by Crippen LogP contribution is 2.42. The van der Waals surface area contributed by atoms with Crippen LogP contribution in [0, 0.1) is 0 Å². The second-order valence-corrected chi connectivity index (χ2v) is 3.74. The van der Waals surface area contributed by atoms with Crippen LogP contribution in [-0.2, 0) is 13.6 Å². The first-order valence-electron chi connectivity index (χ1n) is 4.11. The van der Waals surface area contributed by atoms with Crippen LogP contribution >= 0.6 is 7.82 Å². The molecular weight excluding hydrogens is 207 g/mol. The molecular formula is C8H15O5P. The summed E-state index contributed by atoms with van der Waals surface area (Å²) in [6.07, 6.45) is 6.13. The molecule has 5 nitrogen and oxygen atoms in total. The van der Waals surface area contributed by atoms with Crippen molar-refractivity contribution in [3.05, 3.63) is 24.3 Å². The van der Waals surface area contributed by atoms with E-state index in [4.69, 9.17) is 10.00 Å². The molecule has 0 bridgehead atoms. The van der Waals surface area contributed by atoms with Crippen molar-refractivity contribution >= 4 is 7.82 Å². The molecule has 82 valence electrons. The van der Waals surface area contributed by atoms with Gasteiger partial charge < -0.3 is 10.00 Å². The number of aliphatic hydroxyl groups is 1. The zero-order valence-electron chi connectivity index (χ0n) is 8.00. The summed E-state index contributed by atoms with van der Waals surface area (Å²) in [5.74, 6) is 0. The number of rotatable bonds is 7. The van der Waals surface area contributed by atoms with Crippen molar-refractivity contribution in [3.63, 3.8) is 0 Å². The molecule has 0 aliphatic rings. The van der Waals surface area contributed by atoms with Crippen LogP contribution in [0.15, 0.2) is 24.3 Å². The zero-order chi connectivity index (χ0) is 10.9. The maximum absolute atomic E-state index is 11.0. The van der Waals surface area contributed by atoms with Crippen molar-refractivity contribution < 1.29 is 23.6 Å². The maximum Gasteiger partial charge on any atom is 0.472 e. The number of phosphoric acid groups is 1. The van der Waals surface area contributed by atoms with Crippen molar-refractivity contribution in [3.8, 4) is 0 Å². The lowest BCUT2D eigenvalue weighted by Crippen LogP contribution is -1.95. The minimum absolute atomic E-state index is 0.0357. The van der Waals surface area contributed by atoms with Gasteiger partial charge in [0.2, 0.25) is 0 Å². The Balaban J connectivity index is 3.72. The van der Waals surface area contributed by atoms with Gasteiger partial charge in [-0.3, -0.25) is 9.05 Å². The van der Waals surface area contributed by atoms with Gasteiger partial charge in [-0.15, -0.1) is 0 Å². The second-order valence-electron chi connectivity index (χ2n) is 2.28. The van der Waals surface area contributed by atoms with Crippen LogP contribution in [0.5, 0.6) is 0 Å². The lowest BCUT2D eigenvalue weighted by Gasteiger charge is -2.08. The number of allylic oxidation sites excluding steroid dienone is 1. The van der Waals surface area contributed by atoms with Crippen molar-refractivity contribution in [2.24, 2.45) is 0 Å². The summed E-state index contributed by atoms with van der Waals surface area (Å²) in [6, 6.07) is 0. The van der Waals surface area contributed by atoms with Crippen molar-refractivity contribution in [2.75, 3.05) is 19.8 Å². The Morgan fingerprint density at radius 2 is 1.79 bits per heavy atom. The molecule has 0 heterocycles. The van der Waals surface area contributed by atoms with Gasteiger partial charge >= 0.3 is 7.82 Å². The van der Waals surface area contributed by atoms with Gasteiger partial charge in [0, 0.05) is 0 Å². The van der Waals surface area contributed by atoms with Crippen LogP contribution in [0.4, 0.5) is 0 Å². The van der Waals surface area contributed by atoms with Crippen LogP contribution in [-0.4, -0.2) is 29.8 Å². The third kappa shape index (κ3) is 8.16. The quantitative estimate of drug-likeness (QED) is 0.500. The monoisotopic (exact) mass is 222 g/mol. The number of phosphoric ester groups is 1. The van der Waals surface area contributed by atoms with Gasteiger partial charge in [-0.25, -0.2) is 4.57 Å². The first-order valence-corrected chi connectivity index (χ1v) is 5.61. The van der Waals surface area contributed by atoms with E-state index in [9.17, 15) is 4.57 Å². The molecule has 1 unspecified atom stereocenters. The summed E-state index contributed by atoms with van der Waals surface area (Å²) in [5.41, 5.74) is 0. The van der Waals surface area contributed by atoms with Crippen LogP contribution in [0.1, 0.15) is 6.92 Å². The second kappa shape index (κ2) is 7.91. The minimum Gasteiger partial charge on any atom is -0.392 e. The fourth-order valence-electron chi connectivity index (χ4n) is 0.551. The average Bonchev–Trinajstić information content (AvgIpc) is 2.13. The van der Waals surface area contributed by atoms with Crippen LogP contribution in [0.3, 0.4) is 0 Å². The van der Waals surface area contributed by atoms with Crippen molar-refractivity contribution in [1.82, 2.24) is 0 Å². The largest absolute Gasteiger partial charge is 0.472 e. The average molecular weight is 222 g/mol. The Hall–Kier alpha value is -0.450. The summed E-state index contributed by atoms with van der Waals surface area (Å²) in [5, 5.41) is 8.35. The Bertz CT molecular complexity index is 236. The maximum atomic E-state index is 11.0. The van der Waals surface area contributed by atoms with E-state index in [1.807, 2.05) is 0 Å². The lowest BCUT2D eigenvalue weighted by atomic mass is 10.5. The first-order chi connectivity index (χ1) is 6.62. The molecule has 0 radical (unpaired) electrons. The number of hydrogen-bond acceptors (Lipinski definition) is 4. The van der Waals surface area contributed by atoms with Gasteiger partial charge in [-0.2, -0.15) is 0 Å². The van der Waals surface area contributed by atoms with Crippen LogP contribution in [0.25, 0.3) is 0 Å². The number of aliphatic hydroxyl groups excluding tert-OH is 1. The van der Waals surface area contributed by atoms with E-state index >= 15 is 0 Å². The van der Waals surface area contributed by atoms with E-state index in [1.165, 1.54) is 12.2 Å². The van der Waals surface area contributed by atoms with Gasteiger partial charge in [0.1, 0.15) is 0 Å². The molecule has 0 fully saturated rings. The summed E-state index contributed by atoms with van der Waals surface area (Å²) in [7, 11) is -3.95. The van der Waals surface area contributed by atoms with E-state index in [-0.39, 0.29) is 19.8 Å². The minimum atomic E-state index is -3.95. The van der Waals surface area contributed by atoms with Gasteiger partial charge in [-0.05, 0) is 6.92 Å². The van der Waals surface area contributed by atoms with Crippen LogP contribution < -0.4 is 0 Å². The summed E-state index contributed by atoms with van der Waals surface area (Å²) >= 11 is 0. The summed E-state index contributed by atoms with van der Waals surface area (Å²) in [6.45, 7) is 1.62. The van der Waals surface area contributed by atoms with Gasteiger partial charge in [0.15, 0.2) is 0 Å². The fourth-order valence-corrected chi connectivity index (χ4v) is 1.17. The highest BCUT2D eigenvalue weighted by molar-refractivity contribution is 7.47. The molecule has 6 heteroatoms. The highest BCUT2D eigenvalue weighted by atomic mass is 31.2. The topological polar surface area (TPSA) is 76.0 Å². The number of hydrogen-bond donors (Lipinski definition) is 2. The molecule has 0 aromatic carbocycles. The van der Waals surface area contributed by atoms with E-state index in [1.54, 1.807) is 19.1 Å². The van der Waals surface area contributed by atoms with Gasteiger partial charge in [0.05, 0.1) is 19.8 Å². The third-order valence-corrected chi connectivity index (χ3v) is 2.13. The normalized spacial score (nSPS) is 16.5. The van der Waals surface area contributed by atoms with Crippen molar-refractivity contribution in [1.29, 1.82) is 0 Å². The highest BCUT2D eigenvalue weighted by Gasteiger charge is 2.18. The molecule has 14 heavy (non-hydrogen) atoms. The molecule has 2 N–H and O–H groups in total. The molecule has 0 aromatic rings. The van der Waals surface area contributed by atoms with E-state index in [0.717, 1.165) is 0 Å². The molecule has 0 aliphatic carbocycles. The van der Waals surface area contributed by atoms with Gasteiger partial charge in [-0.1, -0.05) is 24.3 Å². The molecule has 0 saturated heterocycles. The summed E-state index contributed by atoms with van der Waals surface area (Å²) < 4.78 is 20.1. The lowest BCUT2D eigenvalue weighted by molar-refractivity contribution is 0.174. The molecule has 0 spiro atoms. The first kappa shape index (κ1) is 13.5. The zero-order valence-corrected chi connectivity index (χ0v) is 8.89. The molecule has 1 atom stereocenters. The van der Waals surface area contributed by atoms with Crippen molar-refractivity contribution in [2.45, 2.75) is 6.92 Å². The van der Waals surface area contributed by atoms with Gasteiger partial charge in [0.25, 0.3) is 0 Å². The Morgan fingerprint density at radius 3 is 2.29 bits per heavy atom. The van der Waals surface area contributed by atoms with E-state index in [0.29, 0.717) is 0 Å². The SMILES string of the molecule is CC=CCOP(=O)(O)OC/C=C/CO. The summed E-state index contributed by atoms with van der Waals surface area (Å²) in [4.78, 5) is 9.02. The molecule has 0 saturated carbocycles. The molecule has 0 amide bonds. The predicted molar refractivity (Wildman–Crippen MR) is 52.8 cm³/mol. The fraction of sp³-hybridized carbons (Fsp3) is 0.500. The molecule has 0 rings (SSSR count). The van der Waals surface area contributed by atoms with Crippen LogP contribution in [0.2, 0.25) is 0 Å².